The van der Waals surface area contributed by atoms with E-state index in [-0.39, 0.29) is 0 Å². The molecule has 0 fully saturated rings. The van der Waals surface area contributed by atoms with E-state index >= 15 is 0 Å². The molecule has 0 amide bonds. The van der Waals surface area contributed by atoms with Gasteiger partial charge in [0.05, 0.1) is 12.8 Å². The summed E-state index contributed by atoms with van der Waals surface area (Å²) in [5.41, 5.74) is 0. The third-order valence-electron chi connectivity index (χ3n) is 2.38. The van der Waals surface area contributed by atoms with Crippen molar-refractivity contribution < 1.29 is 9.15 Å². The molecule has 1 N–H and O–H groups in total. The minimum Gasteiger partial charge on any atom is -0.461 e. The summed E-state index contributed by atoms with van der Waals surface area (Å²) in [7, 11) is 1.70. The molecule has 2 rings (SSSR count). The molecule has 0 aliphatic rings. The number of tetrazole rings is 1. The Bertz CT molecular complexity index is 440. The Kier molecular flexibility index (Phi) is 4.86. The van der Waals surface area contributed by atoms with Crippen LogP contribution in [0.3, 0.4) is 0 Å². The third kappa shape index (κ3) is 3.64. The fraction of sp³-hybridized carbons (Fsp3) is 0.545. The number of methoxy groups -OCH3 is 1. The van der Waals surface area contributed by atoms with Gasteiger partial charge in [-0.2, -0.15) is 4.80 Å². The summed E-state index contributed by atoms with van der Waals surface area (Å²) in [4.78, 5) is 1.56. The van der Waals surface area contributed by atoms with E-state index < -0.39 is 0 Å². The lowest BCUT2D eigenvalue weighted by Gasteiger charge is -2.02. The highest BCUT2D eigenvalue weighted by Crippen LogP contribution is 2.12. The number of rotatable bonds is 8. The second kappa shape index (κ2) is 6.87. The summed E-state index contributed by atoms with van der Waals surface area (Å²) in [6.07, 6.45) is 2.59. The first kappa shape index (κ1) is 12.7. The van der Waals surface area contributed by atoms with Crippen molar-refractivity contribution in [3.63, 3.8) is 0 Å². The van der Waals surface area contributed by atoms with Crippen LogP contribution in [0.1, 0.15) is 6.42 Å². The van der Waals surface area contributed by atoms with Gasteiger partial charge in [0.15, 0.2) is 5.76 Å². The summed E-state index contributed by atoms with van der Waals surface area (Å²) >= 11 is 0. The summed E-state index contributed by atoms with van der Waals surface area (Å²) in [6.45, 7) is 3.18. The maximum atomic E-state index is 5.19. The molecule has 0 atom stereocenters. The van der Waals surface area contributed by atoms with Crippen molar-refractivity contribution >= 4 is 0 Å². The Balaban J connectivity index is 1.71. The van der Waals surface area contributed by atoms with Crippen LogP contribution in [0, 0.1) is 0 Å². The third-order valence-corrected chi connectivity index (χ3v) is 2.38. The lowest BCUT2D eigenvalue weighted by molar-refractivity contribution is 0.194. The molecule has 18 heavy (non-hydrogen) atoms. The lowest BCUT2D eigenvalue weighted by Crippen LogP contribution is -2.22. The topological polar surface area (TPSA) is 78.0 Å². The standard InChI is InChI=1S/C11H17N5O2/c1-17-8-3-5-12-6-7-16-14-11(13-15-16)10-4-2-9-18-10/h2,4,9,12H,3,5-8H2,1H3. The van der Waals surface area contributed by atoms with Gasteiger partial charge in [0.25, 0.3) is 0 Å². The molecule has 0 unspecified atom stereocenters. The monoisotopic (exact) mass is 251 g/mol. The van der Waals surface area contributed by atoms with Gasteiger partial charge in [-0.25, -0.2) is 0 Å². The Morgan fingerprint density at radius 2 is 2.39 bits per heavy atom. The molecular formula is C11H17N5O2. The quantitative estimate of drug-likeness (QED) is 0.691. The molecule has 2 aromatic heterocycles. The summed E-state index contributed by atoms with van der Waals surface area (Å²) in [6, 6.07) is 3.61. The Morgan fingerprint density at radius 1 is 1.44 bits per heavy atom. The summed E-state index contributed by atoms with van der Waals surface area (Å²) in [5, 5.41) is 15.4. The Morgan fingerprint density at radius 3 is 3.17 bits per heavy atom. The molecule has 0 aliphatic carbocycles. The molecule has 7 heteroatoms. The smallest absolute Gasteiger partial charge is 0.240 e. The molecule has 0 spiro atoms. The molecule has 7 nitrogen and oxygen atoms in total. The van der Waals surface area contributed by atoms with E-state index in [0.717, 1.165) is 26.1 Å². The molecular weight excluding hydrogens is 234 g/mol. The summed E-state index contributed by atoms with van der Waals surface area (Å²) in [5.74, 6) is 1.15. The van der Waals surface area contributed by atoms with Crippen LogP contribution >= 0.6 is 0 Å². The van der Waals surface area contributed by atoms with Gasteiger partial charge in [-0.05, 0) is 30.3 Å². The van der Waals surface area contributed by atoms with Crippen molar-refractivity contribution in [2.24, 2.45) is 0 Å². The van der Waals surface area contributed by atoms with Gasteiger partial charge >= 0.3 is 0 Å². The molecule has 2 heterocycles. The van der Waals surface area contributed by atoms with Crippen molar-refractivity contribution in [3.8, 4) is 11.6 Å². The fourth-order valence-electron chi connectivity index (χ4n) is 1.49. The highest BCUT2D eigenvalue weighted by molar-refractivity contribution is 5.43. The number of hydrogen-bond acceptors (Lipinski definition) is 6. The number of hydrogen-bond donors (Lipinski definition) is 1. The minimum atomic E-state index is 0.513. The average Bonchev–Trinajstić information content (AvgIpc) is 3.03. The highest BCUT2D eigenvalue weighted by atomic mass is 16.5. The zero-order chi connectivity index (χ0) is 12.6. The SMILES string of the molecule is COCCCNCCn1nnc(-c2ccco2)n1. The van der Waals surface area contributed by atoms with Gasteiger partial charge in [0.1, 0.15) is 0 Å². The van der Waals surface area contributed by atoms with Crippen LogP contribution < -0.4 is 5.32 Å². The van der Waals surface area contributed by atoms with Crippen LogP contribution in [0.15, 0.2) is 22.8 Å². The summed E-state index contributed by atoms with van der Waals surface area (Å²) < 4.78 is 10.2. The van der Waals surface area contributed by atoms with Gasteiger partial charge in [-0.3, -0.25) is 0 Å². The zero-order valence-corrected chi connectivity index (χ0v) is 10.4. The molecule has 0 saturated heterocycles. The minimum absolute atomic E-state index is 0.513. The maximum Gasteiger partial charge on any atom is 0.240 e. The second-order valence-electron chi connectivity index (χ2n) is 3.78. The van der Waals surface area contributed by atoms with Crippen LogP contribution in [0.4, 0.5) is 0 Å². The predicted octanol–water partition coefficient (Wildman–Crippen LogP) is 0.559. The van der Waals surface area contributed by atoms with Gasteiger partial charge in [-0.15, -0.1) is 10.2 Å². The Labute approximate surface area is 105 Å². The first-order valence-corrected chi connectivity index (χ1v) is 5.91. The molecule has 2 aromatic rings. The second-order valence-corrected chi connectivity index (χ2v) is 3.78. The van der Waals surface area contributed by atoms with E-state index in [9.17, 15) is 0 Å². The van der Waals surface area contributed by atoms with Crippen molar-refractivity contribution in [2.75, 3.05) is 26.8 Å². The van der Waals surface area contributed by atoms with Gasteiger partial charge in [-0.1, -0.05) is 0 Å². The largest absolute Gasteiger partial charge is 0.461 e. The molecule has 0 aromatic carbocycles. The number of furan rings is 1. The van der Waals surface area contributed by atoms with Crippen LogP contribution in [-0.4, -0.2) is 47.0 Å². The van der Waals surface area contributed by atoms with Crippen molar-refractivity contribution in [1.29, 1.82) is 0 Å². The first-order valence-electron chi connectivity index (χ1n) is 5.91. The lowest BCUT2D eigenvalue weighted by atomic mass is 10.4. The highest BCUT2D eigenvalue weighted by Gasteiger charge is 2.07. The van der Waals surface area contributed by atoms with E-state index in [0.29, 0.717) is 18.1 Å². The van der Waals surface area contributed by atoms with Crippen LogP contribution in [0.5, 0.6) is 0 Å². The fourth-order valence-corrected chi connectivity index (χ4v) is 1.49. The average molecular weight is 251 g/mol. The number of nitrogens with zero attached hydrogens (tertiary/aromatic N) is 4. The van der Waals surface area contributed by atoms with E-state index in [2.05, 4.69) is 20.7 Å². The molecule has 0 saturated carbocycles. The van der Waals surface area contributed by atoms with Gasteiger partial charge in [0, 0.05) is 20.3 Å². The van der Waals surface area contributed by atoms with Gasteiger partial charge < -0.3 is 14.5 Å². The number of aromatic nitrogens is 4. The molecule has 98 valence electrons. The predicted molar refractivity (Wildman–Crippen MR) is 64.9 cm³/mol. The molecule has 0 radical (unpaired) electrons. The van der Waals surface area contributed by atoms with Crippen molar-refractivity contribution in [1.82, 2.24) is 25.5 Å². The van der Waals surface area contributed by atoms with Crippen LogP contribution in [0.2, 0.25) is 0 Å². The van der Waals surface area contributed by atoms with Crippen LogP contribution in [-0.2, 0) is 11.3 Å². The van der Waals surface area contributed by atoms with E-state index in [1.165, 1.54) is 0 Å². The molecule has 0 aliphatic heterocycles. The Hall–Kier alpha value is -1.73. The number of ether oxygens (including phenoxy) is 1. The molecule has 0 bridgehead atoms. The zero-order valence-electron chi connectivity index (χ0n) is 10.4. The normalized spacial score (nSPS) is 10.9. The van der Waals surface area contributed by atoms with E-state index in [1.54, 1.807) is 24.2 Å². The first-order chi connectivity index (χ1) is 8.90. The number of nitrogens with one attached hydrogen (secondary N) is 1. The van der Waals surface area contributed by atoms with Crippen molar-refractivity contribution in [3.05, 3.63) is 18.4 Å². The van der Waals surface area contributed by atoms with Crippen molar-refractivity contribution in [2.45, 2.75) is 13.0 Å². The van der Waals surface area contributed by atoms with Crippen LogP contribution in [0.25, 0.3) is 11.6 Å². The van der Waals surface area contributed by atoms with Gasteiger partial charge in [0.2, 0.25) is 5.82 Å². The van der Waals surface area contributed by atoms with E-state index in [1.807, 2.05) is 6.07 Å². The van der Waals surface area contributed by atoms with E-state index in [4.69, 9.17) is 9.15 Å². The maximum absolute atomic E-state index is 5.19.